The third-order valence-corrected chi connectivity index (χ3v) is 2.67. The summed E-state index contributed by atoms with van der Waals surface area (Å²) in [5.41, 5.74) is 0. The minimum atomic E-state index is -0.372. The zero-order valence-corrected chi connectivity index (χ0v) is 11.4. The van der Waals surface area contributed by atoms with Crippen LogP contribution in [-0.2, 0) is 0 Å². The molecule has 3 nitrogen and oxygen atoms in total. The number of rotatable bonds is 3. The molecule has 0 saturated carbocycles. The van der Waals surface area contributed by atoms with Crippen molar-refractivity contribution in [2.75, 3.05) is 0 Å². The molecular formula is C13H18ClNO2. The zero-order valence-electron chi connectivity index (χ0n) is 10.6. The molecule has 0 fully saturated rings. The van der Waals surface area contributed by atoms with Crippen LogP contribution >= 0.6 is 11.6 Å². The topological polar surface area (TPSA) is 29.5 Å². The third kappa shape index (κ3) is 3.63. The Bertz CT molecular complexity index is 383. The average molecular weight is 256 g/mol. The van der Waals surface area contributed by atoms with Gasteiger partial charge in [0.15, 0.2) is 5.75 Å². The first-order chi connectivity index (χ1) is 7.93. The van der Waals surface area contributed by atoms with E-state index in [1.165, 1.54) is 0 Å². The molecular weight excluding hydrogens is 238 g/mol. The van der Waals surface area contributed by atoms with Gasteiger partial charge in [-0.1, -0.05) is 23.7 Å². The van der Waals surface area contributed by atoms with Crippen LogP contribution in [0.15, 0.2) is 24.3 Å². The third-order valence-electron chi connectivity index (χ3n) is 2.36. The van der Waals surface area contributed by atoms with E-state index in [1.807, 2.05) is 27.7 Å². The summed E-state index contributed by atoms with van der Waals surface area (Å²) in [5.74, 6) is 0.394. The first-order valence-electron chi connectivity index (χ1n) is 5.68. The van der Waals surface area contributed by atoms with Crippen LogP contribution in [-0.4, -0.2) is 23.1 Å². The van der Waals surface area contributed by atoms with Crippen molar-refractivity contribution in [2.24, 2.45) is 0 Å². The van der Waals surface area contributed by atoms with Crippen LogP contribution in [0.4, 0.5) is 4.79 Å². The van der Waals surface area contributed by atoms with Crippen LogP contribution in [0.5, 0.6) is 5.75 Å². The van der Waals surface area contributed by atoms with E-state index in [4.69, 9.17) is 16.3 Å². The Labute approximate surface area is 107 Å². The van der Waals surface area contributed by atoms with Crippen LogP contribution < -0.4 is 4.74 Å². The quantitative estimate of drug-likeness (QED) is 0.818. The Hall–Kier alpha value is -1.22. The monoisotopic (exact) mass is 255 g/mol. The van der Waals surface area contributed by atoms with Crippen molar-refractivity contribution in [1.29, 1.82) is 0 Å². The molecule has 0 aromatic heterocycles. The van der Waals surface area contributed by atoms with E-state index in [0.717, 1.165) is 0 Å². The van der Waals surface area contributed by atoms with E-state index >= 15 is 0 Å². The van der Waals surface area contributed by atoms with Gasteiger partial charge >= 0.3 is 6.09 Å². The highest BCUT2D eigenvalue weighted by atomic mass is 35.5. The normalized spacial score (nSPS) is 10.8. The lowest BCUT2D eigenvalue weighted by atomic mass is 10.2. The standard InChI is InChI=1S/C13H18ClNO2/c1-9(2)15(10(3)4)13(16)17-12-8-6-5-7-11(12)14/h5-10H,1-4H3. The number of amides is 1. The fourth-order valence-electron chi connectivity index (χ4n) is 1.69. The summed E-state index contributed by atoms with van der Waals surface area (Å²) in [6, 6.07) is 7.12. The van der Waals surface area contributed by atoms with Gasteiger partial charge < -0.3 is 9.64 Å². The van der Waals surface area contributed by atoms with Gasteiger partial charge in [-0.3, -0.25) is 0 Å². The van der Waals surface area contributed by atoms with Crippen LogP contribution in [0.1, 0.15) is 27.7 Å². The average Bonchev–Trinajstić information content (AvgIpc) is 2.20. The summed E-state index contributed by atoms with van der Waals surface area (Å²) in [6.07, 6.45) is -0.372. The van der Waals surface area contributed by atoms with Gasteiger partial charge in [-0.05, 0) is 39.8 Å². The van der Waals surface area contributed by atoms with Crippen molar-refractivity contribution >= 4 is 17.7 Å². The molecule has 0 aliphatic carbocycles. The van der Waals surface area contributed by atoms with Crippen LogP contribution in [0, 0.1) is 0 Å². The predicted octanol–water partition coefficient (Wildman–Crippen LogP) is 3.96. The number of hydrogen-bond donors (Lipinski definition) is 0. The molecule has 0 saturated heterocycles. The summed E-state index contributed by atoms with van der Waals surface area (Å²) in [5, 5.41) is 0.438. The lowest BCUT2D eigenvalue weighted by Gasteiger charge is -2.29. The van der Waals surface area contributed by atoms with E-state index in [2.05, 4.69) is 0 Å². The molecule has 0 heterocycles. The number of nitrogens with zero attached hydrogens (tertiary/aromatic N) is 1. The van der Waals surface area contributed by atoms with Crippen molar-refractivity contribution in [3.8, 4) is 5.75 Å². The van der Waals surface area contributed by atoms with E-state index in [-0.39, 0.29) is 18.2 Å². The maximum Gasteiger partial charge on any atom is 0.415 e. The van der Waals surface area contributed by atoms with Gasteiger partial charge in [0.2, 0.25) is 0 Å². The van der Waals surface area contributed by atoms with Crippen molar-refractivity contribution in [3.63, 3.8) is 0 Å². The molecule has 0 N–H and O–H groups in total. The Morgan fingerprint density at radius 3 is 2.18 bits per heavy atom. The van der Waals surface area contributed by atoms with Crippen molar-refractivity contribution in [3.05, 3.63) is 29.3 Å². The molecule has 1 amide bonds. The van der Waals surface area contributed by atoms with E-state index < -0.39 is 0 Å². The largest absolute Gasteiger partial charge is 0.415 e. The SMILES string of the molecule is CC(C)N(C(=O)Oc1ccccc1Cl)C(C)C. The Kier molecular flexibility index (Phi) is 4.82. The number of carbonyl (C=O) groups excluding carboxylic acids is 1. The van der Waals surface area contributed by atoms with Gasteiger partial charge in [0, 0.05) is 12.1 Å². The van der Waals surface area contributed by atoms with E-state index in [9.17, 15) is 4.79 Å². The molecule has 0 radical (unpaired) electrons. The fourth-order valence-corrected chi connectivity index (χ4v) is 1.87. The van der Waals surface area contributed by atoms with Crippen LogP contribution in [0.2, 0.25) is 5.02 Å². The number of carbonyl (C=O) groups is 1. The summed E-state index contributed by atoms with van der Waals surface area (Å²) in [7, 11) is 0. The highest BCUT2D eigenvalue weighted by Gasteiger charge is 2.22. The molecule has 0 spiro atoms. The minimum Gasteiger partial charge on any atom is -0.409 e. The molecule has 0 aliphatic rings. The molecule has 94 valence electrons. The summed E-state index contributed by atoms with van der Waals surface area (Å²) < 4.78 is 5.28. The number of hydrogen-bond acceptors (Lipinski definition) is 2. The molecule has 1 rings (SSSR count). The van der Waals surface area contributed by atoms with Crippen molar-refractivity contribution < 1.29 is 9.53 Å². The molecule has 17 heavy (non-hydrogen) atoms. The maximum absolute atomic E-state index is 12.0. The number of ether oxygens (including phenoxy) is 1. The van der Waals surface area contributed by atoms with Gasteiger partial charge in [0.25, 0.3) is 0 Å². The maximum atomic E-state index is 12.0. The molecule has 1 aromatic carbocycles. The Balaban J connectivity index is 2.81. The summed E-state index contributed by atoms with van der Waals surface area (Å²) in [6.45, 7) is 7.81. The molecule has 0 atom stereocenters. The van der Waals surface area contributed by atoms with Crippen molar-refractivity contribution in [2.45, 2.75) is 39.8 Å². The first-order valence-corrected chi connectivity index (χ1v) is 6.06. The smallest absolute Gasteiger partial charge is 0.409 e. The lowest BCUT2D eigenvalue weighted by molar-refractivity contribution is 0.123. The Morgan fingerprint density at radius 1 is 1.18 bits per heavy atom. The van der Waals surface area contributed by atoms with Gasteiger partial charge in [0.05, 0.1) is 5.02 Å². The second-order valence-corrected chi connectivity index (χ2v) is 4.80. The van der Waals surface area contributed by atoms with E-state index in [1.54, 1.807) is 29.2 Å². The van der Waals surface area contributed by atoms with Gasteiger partial charge in [-0.15, -0.1) is 0 Å². The lowest BCUT2D eigenvalue weighted by Crippen LogP contribution is -2.43. The van der Waals surface area contributed by atoms with Gasteiger partial charge in [0.1, 0.15) is 0 Å². The second-order valence-electron chi connectivity index (χ2n) is 4.39. The number of halogens is 1. The zero-order chi connectivity index (χ0) is 13.0. The summed E-state index contributed by atoms with van der Waals surface area (Å²) >= 11 is 5.94. The van der Waals surface area contributed by atoms with Crippen LogP contribution in [0.3, 0.4) is 0 Å². The van der Waals surface area contributed by atoms with Gasteiger partial charge in [-0.2, -0.15) is 0 Å². The minimum absolute atomic E-state index is 0.0880. The second kappa shape index (κ2) is 5.92. The van der Waals surface area contributed by atoms with E-state index in [0.29, 0.717) is 10.8 Å². The number of para-hydroxylation sites is 1. The molecule has 1 aromatic rings. The van der Waals surface area contributed by atoms with Gasteiger partial charge in [-0.25, -0.2) is 4.79 Å². The first kappa shape index (κ1) is 13.8. The van der Waals surface area contributed by atoms with Crippen molar-refractivity contribution in [1.82, 2.24) is 4.90 Å². The Morgan fingerprint density at radius 2 is 1.71 bits per heavy atom. The van der Waals surface area contributed by atoms with Crippen LogP contribution in [0.25, 0.3) is 0 Å². The number of benzene rings is 1. The fraction of sp³-hybridized carbons (Fsp3) is 0.462. The highest BCUT2D eigenvalue weighted by molar-refractivity contribution is 6.32. The molecule has 4 heteroatoms. The predicted molar refractivity (Wildman–Crippen MR) is 69.6 cm³/mol. The highest BCUT2D eigenvalue weighted by Crippen LogP contribution is 2.24. The molecule has 0 aliphatic heterocycles. The molecule has 0 bridgehead atoms. The molecule has 0 unspecified atom stereocenters. The summed E-state index contributed by atoms with van der Waals surface area (Å²) in [4.78, 5) is 13.7.